The minimum absolute atomic E-state index is 0. The largest absolute Gasteiger partial charge is 0.507 e. The normalized spacial score (nSPS) is 10.9. The summed E-state index contributed by atoms with van der Waals surface area (Å²) in [4.78, 5) is 4.64. The van der Waals surface area contributed by atoms with Gasteiger partial charge in [0.1, 0.15) is 5.75 Å². The fourth-order valence-corrected chi connectivity index (χ4v) is 2.62. The number of guanidine groups is 1. The molecule has 0 spiro atoms. The standard InChI is InChI=1S/C20H27N3O.HI/c1-4-21-20(22-11-10-17-8-6-5-7-9-17)23-14-18-12-15(2)19(24)16(3)13-18;/h5-9,12-13,24H,4,10-11,14H2,1-3H3,(H2,21,22,23);1H. The lowest BCUT2D eigenvalue weighted by atomic mass is 10.1. The van der Waals surface area contributed by atoms with E-state index in [0.717, 1.165) is 42.2 Å². The quantitative estimate of drug-likeness (QED) is 0.353. The third-order valence-electron chi connectivity index (χ3n) is 3.86. The lowest BCUT2D eigenvalue weighted by molar-refractivity contribution is 0.466. The Morgan fingerprint density at radius 2 is 1.64 bits per heavy atom. The number of phenolic OH excluding ortho intramolecular Hbond substituents is 1. The van der Waals surface area contributed by atoms with Crippen LogP contribution in [-0.4, -0.2) is 24.2 Å². The third-order valence-corrected chi connectivity index (χ3v) is 3.86. The Bertz CT molecular complexity index is 664. The van der Waals surface area contributed by atoms with E-state index in [4.69, 9.17) is 0 Å². The Kier molecular flexibility index (Phi) is 9.34. The SMILES string of the molecule is CCNC(=NCc1cc(C)c(O)c(C)c1)NCCc1ccccc1.I. The molecule has 0 aliphatic rings. The van der Waals surface area contributed by atoms with Gasteiger partial charge in [-0.05, 0) is 49.4 Å². The minimum atomic E-state index is 0. The van der Waals surface area contributed by atoms with E-state index in [1.54, 1.807) is 0 Å². The molecule has 0 heterocycles. The molecule has 136 valence electrons. The monoisotopic (exact) mass is 453 g/mol. The van der Waals surface area contributed by atoms with E-state index in [0.29, 0.717) is 12.3 Å². The van der Waals surface area contributed by atoms with E-state index in [1.165, 1.54) is 5.56 Å². The zero-order chi connectivity index (χ0) is 17.4. The highest BCUT2D eigenvalue weighted by Gasteiger charge is 2.04. The number of aromatic hydroxyl groups is 1. The Morgan fingerprint density at radius 3 is 2.24 bits per heavy atom. The van der Waals surface area contributed by atoms with Crippen LogP contribution in [0.5, 0.6) is 5.75 Å². The van der Waals surface area contributed by atoms with Gasteiger partial charge in [-0.2, -0.15) is 0 Å². The number of benzene rings is 2. The molecule has 0 amide bonds. The maximum atomic E-state index is 9.86. The van der Waals surface area contributed by atoms with Crippen molar-refractivity contribution in [3.63, 3.8) is 0 Å². The number of hydrogen-bond acceptors (Lipinski definition) is 2. The van der Waals surface area contributed by atoms with Crippen molar-refractivity contribution in [2.24, 2.45) is 4.99 Å². The van der Waals surface area contributed by atoms with Crippen molar-refractivity contribution in [2.75, 3.05) is 13.1 Å². The lowest BCUT2D eigenvalue weighted by Gasteiger charge is -2.12. The van der Waals surface area contributed by atoms with Gasteiger partial charge in [-0.25, -0.2) is 4.99 Å². The fourth-order valence-electron chi connectivity index (χ4n) is 2.62. The molecule has 0 bridgehead atoms. The van der Waals surface area contributed by atoms with Gasteiger partial charge in [0.25, 0.3) is 0 Å². The second-order valence-electron chi connectivity index (χ2n) is 5.94. The molecule has 5 heteroatoms. The molecule has 0 saturated carbocycles. The summed E-state index contributed by atoms with van der Waals surface area (Å²) in [5.41, 5.74) is 4.19. The molecule has 0 aliphatic carbocycles. The molecule has 0 radical (unpaired) electrons. The summed E-state index contributed by atoms with van der Waals surface area (Å²) in [6.07, 6.45) is 0.961. The van der Waals surface area contributed by atoms with Crippen LogP contribution in [0.2, 0.25) is 0 Å². The number of phenols is 1. The molecule has 2 aromatic carbocycles. The number of hydrogen-bond donors (Lipinski definition) is 3. The predicted octanol–water partition coefficient (Wildman–Crippen LogP) is 3.92. The summed E-state index contributed by atoms with van der Waals surface area (Å²) in [5.74, 6) is 1.19. The van der Waals surface area contributed by atoms with Crippen LogP contribution in [0.3, 0.4) is 0 Å². The molecule has 0 aliphatic heterocycles. The summed E-state index contributed by atoms with van der Waals surface area (Å²) >= 11 is 0. The van der Waals surface area contributed by atoms with Crippen LogP contribution in [0.25, 0.3) is 0 Å². The zero-order valence-corrected chi connectivity index (χ0v) is 17.5. The van der Waals surface area contributed by atoms with Gasteiger partial charge in [0.15, 0.2) is 5.96 Å². The van der Waals surface area contributed by atoms with Crippen LogP contribution < -0.4 is 10.6 Å². The topological polar surface area (TPSA) is 56.7 Å². The number of halogens is 1. The molecular formula is C20H28IN3O. The Morgan fingerprint density at radius 1 is 1.00 bits per heavy atom. The molecule has 2 aromatic rings. The second kappa shape index (κ2) is 11.0. The molecule has 25 heavy (non-hydrogen) atoms. The van der Waals surface area contributed by atoms with Crippen LogP contribution in [-0.2, 0) is 13.0 Å². The van der Waals surface area contributed by atoms with Crippen molar-refractivity contribution in [1.29, 1.82) is 0 Å². The highest BCUT2D eigenvalue weighted by Crippen LogP contribution is 2.23. The molecule has 2 rings (SSSR count). The van der Waals surface area contributed by atoms with Crippen molar-refractivity contribution in [3.8, 4) is 5.75 Å². The van der Waals surface area contributed by atoms with Gasteiger partial charge in [-0.1, -0.05) is 42.5 Å². The molecule has 3 N–H and O–H groups in total. The first-order valence-electron chi connectivity index (χ1n) is 8.45. The highest BCUT2D eigenvalue weighted by molar-refractivity contribution is 14.0. The van der Waals surface area contributed by atoms with Gasteiger partial charge in [0, 0.05) is 13.1 Å². The summed E-state index contributed by atoms with van der Waals surface area (Å²) in [6.45, 7) is 8.14. The fraction of sp³-hybridized carbons (Fsp3) is 0.350. The average molecular weight is 453 g/mol. The maximum Gasteiger partial charge on any atom is 0.191 e. The van der Waals surface area contributed by atoms with Gasteiger partial charge in [0.05, 0.1) is 6.54 Å². The first-order chi connectivity index (χ1) is 11.6. The van der Waals surface area contributed by atoms with Gasteiger partial charge >= 0.3 is 0 Å². The van der Waals surface area contributed by atoms with E-state index < -0.39 is 0 Å². The molecule has 0 aromatic heterocycles. The summed E-state index contributed by atoms with van der Waals surface area (Å²) < 4.78 is 0. The average Bonchev–Trinajstić information content (AvgIpc) is 2.58. The van der Waals surface area contributed by atoms with Gasteiger partial charge < -0.3 is 15.7 Å². The highest BCUT2D eigenvalue weighted by atomic mass is 127. The van der Waals surface area contributed by atoms with Gasteiger partial charge in [-0.15, -0.1) is 24.0 Å². The lowest BCUT2D eigenvalue weighted by Crippen LogP contribution is -2.38. The van der Waals surface area contributed by atoms with Crippen LogP contribution in [0.1, 0.15) is 29.2 Å². The number of rotatable bonds is 6. The summed E-state index contributed by atoms with van der Waals surface area (Å²) in [7, 11) is 0. The van der Waals surface area contributed by atoms with E-state index in [1.807, 2.05) is 32.0 Å². The molecule has 0 fully saturated rings. The van der Waals surface area contributed by atoms with Crippen molar-refractivity contribution >= 4 is 29.9 Å². The van der Waals surface area contributed by atoms with Crippen LogP contribution >= 0.6 is 24.0 Å². The molecular weight excluding hydrogens is 425 g/mol. The molecule has 4 nitrogen and oxygen atoms in total. The number of nitrogens with zero attached hydrogens (tertiary/aromatic N) is 1. The van der Waals surface area contributed by atoms with Crippen LogP contribution in [0, 0.1) is 13.8 Å². The second-order valence-corrected chi connectivity index (χ2v) is 5.94. The number of aryl methyl sites for hydroxylation is 2. The third kappa shape index (κ3) is 6.94. The zero-order valence-electron chi connectivity index (χ0n) is 15.2. The number of aliphatic imine (C=N–C) groups is 1. The van der Waals surface area contributed by atoms with E-state index >= 15 is 0 Å². The Hall–Kier alpha value is -1.76. The van der Waals surface area contributed by atoms with E-state index in [9.17, 15) is 5.11 Å². The Labute approximate surface area is 167 Å². The Balaban J connectivity index is 0.00000312. The smallest absolute Gasteiger partial charge is 0.191 e. The molecule has 0 saturated heterocycles. The summed E-state index contributed by atoms with van der Waals surface area (Å²) in [6, 6.07) is 14.4. The van der Waals surface area contributed by atoms with E-state index in [2.05, 4.69) is 46.8 Å². The maximum absolute atomic E-state index is 9.86. The van der Waals surface area contributed by atoms with Crippen molar-refractivity contribution in [2.45, 2.75) is 33.7 Å². The molecule has 0 atom stereocenters. The van der Waals surface area contributed by atoms with Crippen molar-refractivity contribution in [1.82, 2.24) is 10.6 Å². The predicted molar refractivity (Wildman–Crippen MR) is 116 cm³/mol. The van der Waals surface area contributed by atoms with Crippen molar-refractivity contribution in [3.05, 3.63) is 64.7 Å². The first-order valence-corrected chi connectivity index (χ1v) is 8.45. The number of nitrogens with one attached hydrogen (secondary N) is 2. The minimum Gasteiger partial charge on any atom is -0.507 e. The van der Waals surface area contributed by atoms with Gasteiger partial charge in [0.2, 0.25) is 0 Å². The van der Waals surface area contributed by atoms with Crippen molar-refractivity contribution < 1.29 is 5.11 Å². The summed E-state index contributed by atoms with van der Waals surface area (Å²) in [5, 5.41) is 16.5. The van der Waals surface area contributed by atoms with E-state index in [-0.39, 0.29) is 24.0 Å². The molecule has 0 unspecified atom stereocenters. The first kappa shape index (κ1) is 21.3. The van der Waals surface area contributed by atoms with Gasteiger partial charge in [-0.3, -0.25) is 0 Å². The van der Waals surface area contributed by atoms with Crippen LogP contribution in [0.15, 0.2) is 47.5 Å². The van der Waals surface area contributed by atoms with Crippen LogP contribution in [0.4, 0.5) is 0 Å².